The van der Waals surface area contributed by atoms with E-state index in [0.717, 1.165) is 0 Å². The molecule has 0 bridgehead atoms. The van der Waals surface area contributed by atoms with Crippen LogP contribution in [-0.2, 0) is 0 Å². The first-order valence-corrected chi connectivity index (χ1v) is 6.08. The number of aryl methyl sites for hydroxylation is 1. The van der Waals surface area contributed by atoms with Crippen molar-refractivity contribution >= 4 is 23.3 Å². The zero-order chi connectivity index (χ0) is 14.7. The van der Waals surface area contributed by atoms with Gasteiger partial charge >= 0.3 is 5.97 Å². The Kier molecular flexibility index (Phi) is 4.00. The van der Waals surface area contributed by atoms with Crippen molar-refractivity contribution in [2.75, 3.05) is 0 Å². The van der Waals surface area contributed by atoms with Crippen molar-refractivity contribution in [3.05, 3.63) is 68.7 Å². The van der Waals surface area contributed by atoms with Crippen LogP contribution in [-0.4, -0.2) is 10.9 Å². The van der Waals surface area contributed by atoms with Crippen LogP contribution < -0.4 is 4.74 Å². The largest absolute Gasteiger partial charge is 0.423 e. The molecule has 2 rings (SSSR count). The Bertz CT molecular complexity index is 667. The van der Waals surface area contributed by atoms with Gasteiger partial charge in [-0.05, 0) is 43.3 Å². The fourth-order valence-electron chi connectivity index (χ4n) is 1.66. The molecule has 5 nitrogen and oxygen atoms in total. The van der Waals surface area contributed by atoms with Crippen molar-refractivity contribution in [1.82, 2.24) is 0 Å². The topological polar surface area (TPSA) is 69.4 Å². The first-order valence-electron chi connectivity index (χ1n) is 5.70. The molecule has 0 unspecified atom stereocenters. The summed E-state index contributed by atoms with van der Waals surface area (Å²) >= 11 is 5.73. The Balaban J connectivity index is 2.19. The number of nitro groups is 1. The lowest BCUT2D eigenvalue weighted by atomic mass is 10.1. The summed E-state index contributed by atoms with van der Waals surface area (Å²) in [6.07, 6.45) is 0. The zero-order valence-corrected chi connectivity index (χ0v) is 11.3. The van der Waals surface area contributed by atoms with E-state index in [0.29, 0.717) is 16.3 Å². The standard InChI is InChI=1S/C14H10ClNO4/c1-9-8-10(2-7-13(9)16(18)19)14(17)20-12-5-3-11(15)4-6-12/h2-8H,1H3. The highest BCUT2D eigenvalue weighted by Gasteiger charge is 2.15. The monoisotopic (exact) mass is 291 g/mol. The molecule has 0 spiro atoms. The number of esters is 1. The van der Waals surface area contributed by atoms with Gasteiger partial charge in [-0.1, -0.05) is 11.6 Å². The molecule has 0 atom stereocenters. The number of rotatable bonds is 3. The average Bonchev–Trinajstić information content (AvgIpc) is 2.40. The molecule has 6 heteroatoms. The van der Waals surface area contributed by atoms with Gasteiger partial charge in [-0.15, -0.1) is 0 Å². The van der Waals surface area contributed by atoms with E-state index in [1.165, 1.54) is 18.2 Å². The highest BCUT2D eigenvalue weighted by Crippen LogP contribution is 2.21. The molecule has 0 aliphatic heterocycles. The van der Waals surface area contributed by atoms with Gasteiger partial charge in [0, 0.05) is 16.7 Å². The number of hydrogen-bond acceptors (Lipinski definition) is 4. The van der Waals surface area contributed by atoms with Crippen LogP contribution in [0.15, 0.2) is 42.5 Å². The minimum Gasteiger partial charge on any atom is -0.423 e. The predicted octanol–water partition coefficient (Wildman–Crippen LogP) is 3.78. The maximum atomic E-state index is 11.9. The van der Waals surface area contributed by atoms with Gasteiger partial charge in [0.2, 0.25) is 0 Å². The van der Waals surface area contributed by atoms with E-state index in [-0.39, 0.29) is 11.3 Å². The van der Waals surface area contributed by atoms with Gasteiger partial charge in [0.25, 0.3) is 5.69 Å². The molecular formula is C14H10ClNO4. The molecule has 0 N–H and O–H groups in total. The summed E-state index contributed by atoms with van der Waals surface area (Å²) in [5.74, 6) is -0.222. The van der Waals surface area contributed by atoms with Crippen LogP contribution in [0, 0.1) is 17.0 Å². The Labute approximate surface area is 119 Å². The number of carbonyl (C=O) groups is 1. The first-order chi connectivity index (χ1) is 9.47. The van der Waals surface area contributed by atoms with Crippen LogP contribution in [0.2, 0.25) is 5.02 Å². The highest BCUT2D eigenvalue weighted by molar-refractivity contribution is 6.30. The minimum absolute atomic E-state index is 0.0342. The molecule has 0 fully saturated rings. The Morgan fingerprint density at radius 1 is 1.20 bits per heavy atom. The van der Waals surface area contributed by atoms with E-state index in [2.05, 4.69) is 0 Å². The Hall–Kier alpha value is -2.40. The van der Waals surface area contributed by atoms with E-state index in [1.807, 2.05) is 0 Å². The lowest BCUT2D eigenvalue weighted by Crippen LogP contribution is -2.09. The number of ether oxygens (including phenoxy) is 1. The summed E-state index contributed by atoms with van der Waals surface area (Å²) < 4.78 is 5.14. The van der Waals surface area contributed by atoms with Crippen LogP contribution in [0.5, 0.6) is 5.75 Å². The quantitative estimate of drug-likeness (QED) is 0.373. The molecule has 0 aromatic heterocycles. The molecule has 0 saturated heterocycles. The van der Waals surface area contributed by atoms with E-state index >= 15 is 0 Å². The van der Waals surface area contributed by atoms with E-state index < -0.39 is 10.9 Å². The van der Waals surface area contributed by atoms with Crippen LogP contribution in [0.3, 0.4) is 0 Å². The maximum absolute atomic E-state index is 11.9. The van der Waals surface area contributed by atoms with Crippen LogP contribution >= 0.6 is 11.6 Å². The number of nitro benzene ring substituents is 1. The second-order valence-electron chi connectivity index (χ2n) is 4.10. The molecule has 0 radical (unpaired) electrons. The van der Waals surface area contributed by atoms with Crippen molar-refractivity contribution in [1.29, 1.82) is 0 Å². The van der Waals surface area contributed by atoms with E-state index in [1.54, 1.807) is 31.2 Å². The van der Waals surface area contributed by atoms with Crippen molar-refractivity contribution in [3.8, 4) is 5.75 Å². The van der Waals surface area contributed by atoms with Gasteiger partial charge in [0.05, 0.1) is 10.5 Å². The molecule has 102 valence electrons. The van der Waals surface area contributed by atoms with Gasteiger partial charge < -0.3 is 4.74 Å². The summed E-state index contributed by atoms with van der Waals surface area (Å²) in [5, 5.41) is 11.2. The Morgan fingerprint density at radius 2 is 1.85 bits per heavy atom. The summed E-state index contributed by atoms with van der Waals surface area (Å²) in [7, 11) is 0. The molecule has 0 saturated carbocycles. The molecule has 20 heavy (non-hydrogen) atoms. The maximum Gasteiger partial charge on any atom is 0.343 e. The first kappa shape index (κ1) is 14.0. The van der Waals surface area contributed by atoms with E-state index in [9.17, 15) is 14.9 Å². The van der Waals surface area contributed by atoms with Gasteiger partial charge in [-0.25, -0.2) is 4.79 Å². The molecular weight excluding hydrogens is 282 g/mol. The molecule has 2 aromatic carbocycles. The molecule has 0 amide bonds. The lowest BCUT2D eigenvalue weighted by Gasteiger charge is -2.05. The lowest BCUT2D eigenvalue weighted by molar-refractivity contribution is -0.385. The van der Waals surface area contributed by atoms with Crippen molar-refractivity contribution in [2.45, 2.75) is 6.92 Å². The van der Waals surface area contributed by atoms with Crippen LogP contribution in [0.4, 0.5) is 5.69 Å². The number of hydrogen-bond donors (Lipinski definition) is 0. The van der Waals surface area contributed by atoms with Gasteiger partial charge in [-0.2, -0.15) is 0 Å². The third-order valence-electron chi connectivity index (χ3n) is 2.65. The number of carbonyl (C=O) groups excluding carboxylic acids is 1. The molecule has 0 aliphatic carbocycles. The number of benzene rings is 2. The van der Waals surface area contributed by atoms with Crippen molar-refractivity contribution < 1.29 is 14.5 Å². The highest BCUT2D eigenvalue weighted by atomic mass is 35.5. The molecule has 0 aliphatic rings. The second kappa shape index (κ2) is 5.71. The van der Waals surface area contributed by atoms with Crippen molar-refractivity contribution in [2.24, 2.45) is 0 Å². The number of halogens is 1. The SMILES string of the molecule is Cc1cc(C(=O)Oc2ccc(Cl)cc2)ccc1[N+](=O)[O-]. The normalized spacial score (nSPS) is 10.1. The average molecular weight is 292 g/mol. The summed E-state index contributed by atoms with van der Waals surface area (Å²) in [4.78, 5) is 22.1. The summed E-state index contributed by atoms with van der Waals surface area (Å²) in [6.45, 7) is 1.57. The van der Waals surface area contributed by atoms with Gasteiger partial charge in [0.1, 0.15) is 5.75 Å². The van der Waals surface area contributed by atoms with Crippen LogP contribution in [0.25, 0.3) is 0 Å². The Morgan fingerprint density at radius 3 is 2.40 bits per heavy atom. The van der Waals surface area contributed by atoms with E-state index in [4.69, 9.17) is 16.3 Å². The van der Waals surface area contributed by atoms with Crippen LogP contribution in [0.1, 0.15) is 15.9 Å². The fourth-order valence-corrected chi connectivity index (χ4v) is 1.78. The van der Waals surface area contributed by atoms with Gasteiger partial charge in [0.15, 0.2) is 0 Å². The fraction of sp³-hybridized carbons (Fsp3) is 0.0714. The summed E-state index contributed by atoms with van der Waals surface area (Å²) in [5.41, 5.74) is 0.622. The van der Waals surface area contributed by atoms with Crippen molar-refractivity contribution in [3.63, 3.8) is 0 Å². The third-order valence-corrected chi connectivity index (χ3v) is 2.91. The zero-order valence-electron chi connectivity index (χ0n) is 10.5. The second-order valence-corrected chi connectivity index (χ2v) is 4.54. The number of nitrogens with zero attached hydrogens (tertiary/aromatic N) is 1. The molecule has 0 heterocycles. The third kappa shape index (κ3) is 3.13. The molecule has 2 aromatic rings. The predicted molar refractivity (Wildman–Crippen MR) is 74.2 cm³/mol. The minimum atomic E-state index is -0.578. The smallest absolute Gasteiger partial charge is 0.343 e. The van der Waals surface area contributed by atoms with Gasteiger partial charge in [-0.3, -0.25) is 10.1 Å². The summed E-state index contributed by atoms with van der Waals surface area (Å²) in [6, 6.07) is 10.4.